The molecule has 1 aliphatic heterocycles. The molecule has 0 radical (unpaired) electrons. The second-order valence-corrected chi connectivity index (χ2v) is 9.58. The molecule has 0 bridgehead atoms. The molecule has 2 aromatic carbocycles. The molecule has 9 heteroatoms. The zero-order valence-corrected chi connectivity index (χ0v) is 19.4. The predicted molar refractivity (Wildman–Crippen MR) is 126 cm³/mol. The fourth-order valence-corrected chi connectivity index (χ4v) is 4.84. The number of hydrogen-bond donors (Lipinski definition) is 1. The molecule has 31 heavy (non-hydrogen) atoms. The Morgan fingerprint density at radius 3 is 2.58 bits per heavy atom. The zero-order valence-electron chi connectivity index (χ0n) is 17.1. The van der Waals surface area contributed by atoms with Crippen LogP contribution in [0.4, 0.5) is 5.69 Å². The molecule has 2 heterocycles. The van der Waals surface area contributed by atoms with Gasteiger partial charge in [-0.05, 0) is 63.2 Å². The summed E-state index contributed by atoms with van der Waals surface area (Å²) in [6, 6.07) is 15.0. The minimum absolute atomic E-state index is 0.169. The van der Waals surface area contributed by atoms with Crippen LogP contribution in [0.2, 0.25) is 10.0 Å². The summed E-state index contributed by atoms with van der Waals surface area (Å²) < 4.78 is 2.04. The highest BCUT2D eigenvalue weighted by Crippen LogP contribution is 2.29. The Morgan fingerprint density at radius 1 is 1.13 bits per heavy atom. The van der Waals surface area contributed by atoms with E-state index in [0.29, 0.717) is 20.9 Å². The maximum Gasteiger partial charge on any atom is 0.237 e. The number of nitrogens with zero attached hydrogens (tertiary/aromatic N) is 4. The standard InChI is InChI=1S/C22H23Cl2N5OS/c1-15(21(30)25-19-10-9-16(23)13-18(19)24)31-22-27-26-20(14-28-11-5-6-12-28)29(22)17-7-3-2-4-8-17/h2-4,7-10,13,15H,5-6,11-12,14H2,1H3,(H,25,30)/t15-/m1/s1. The summed E-state index contributed by atoms with van der Waals surface area (Å²) in [4.78, 5) is 15.2. The van der Waals surface area contributed by atoms with Gasteiger partial charge in [-0.15, -0.1) is 10.2 Å². The molecule has 0 aliphatic carbocycles. The number of anilines is 1. The summed E-state index contributed by atoms with van der Waals surface area (Å²) >= 11 is 13.5. The molecule has 1 saturated heterocycles. The van der Waals surface area contributed by atoms with Gasteiger partial charge in [-0.2, -0.15) is 0 Å². The van der Waals surface area contributed by atoms with E-state index in [1.165, 1.54) is 24.6 Å². The van der Waals surface area contributed by atoms with Gasteiger partial charge >= 0.3 is 0 Å². The highest BCUT2D eigenvalue weighted by molar-refractivity contribution is 8.00. The Hall–Kier alpha value is -2.06. The molecule has 4 rings (SSSR count). The van der Waals surface area contributed by atoms with Crippen molar-refractivity contribution in [3.63, 3.8) is 0 Å². The average molecular weight is 476 g/mol. The molecule has 6 nitrogen and oxygen atoms in total. The molecule has 3 aromatic rings. The van der Waals surface area contributed by atoms with Crippen LogP contribution in [0, 0.1) is 0 Å². The maximum atomic E-state index is 12.8. The van der Waals surface area contributed by atoms with Crippen LogP contribution in [-0.2, 0) is 11.3 Å². The Labute approximate surface area is 195 Å². The first-order valence-electron chi connectivity index (χ1n) is 10.2. The van der Waals surface area contributed by atoms with Crippen LogP contribution >= 0.6 is 35.0 Å². The number of amides is 1. The van der Waals surface area contributed by atoms with E-state index in [9.17, 15) is 4.79 Å². The number of aromatic nitrogens is 3. The summed E-state index contributed by atoms with van der Waals surface area (Å²) in [7, 11) is 0. The van der Waals surface area contributed by atoms with Crippen molar-refractivity contribution in [1.82, 2.24) is 19.7 Å². The van der Waals surface area contributed by atoms with Crippen molar-refractivity contribution in [2.24, 2.45) is 0 Å². The van der Waals surface area contributed by atoms with Crippen molar-refractivity contribution in [2.45, 2.75) is 36.7 Å². The topological polar surface area (TPSA) is 63.1 Å². The Kier molecular flexibility index (Phi) is 7.17. The van der Waals surface area contributed by atoms with Crippen LogP contribution in [0.15, 0.2) is 53.7 Å². The van der Waals surface area contributed by atoms with E-state index in [4.69, 9.17) is 23.2 Å². The molecule has 0 spiro atoms. The number of halogens is 2. The first-order chi connectivity index (χ1) is 15.0. The van der Waals surface area contributed by atoms with Gasteiger partial charge in [0.15, 0.2) is 11.0 Å². The summed E-state index contributed by atoms with van der Waals surface area (Å²) in [5.74, 6) is 0.710. The molecule has 1 aromatic heterocycles. The molecule has 0 saturated carbocycles. The number of carbonyl (C=O) groups is 1. The summed E-state index contributed by atoms with van der Waals surface area (Å²) in [6.45, 7) is 4.73. The first-order valence-corrected chi connectivity index (χ1v) is 11.8. The molecule has 162 valence electrons. The predicted octanol–water partition coefficient (Wildman–Crippen LogP) is 5.29. The number of rotatable bonds is 7. The smallest absolute Gasteiger partial charge is 0.237 e. The second kappa shape index (κ2) is 10.0. The molecule has 1 amide bonds. The van der Waals surface area contributed by atoms with Crippen molar-refractivity contribution >= 4 is 46.6 Å². The van der Waals surface area contributed by atoms with Gasteiger partial charge in [0.05, 0.1) is 22.5 Å². The van der Waals surface area contributed by atoms with Crippen LogP contribution in [0.5, 0.6) is 0 Å². The van der Waals surface area contributed by atoms with E-state index in [2.05, 4.69) is 20.4 Å². The minimum Gasteiger partial charge on any atom is -0.324 e. The number of carbonyl (C=O) groups excluding carboxylic acids is 1. The number of thioether (sulfide) groups is 1. The van der Waals surface area contributed by atoms with Crippen LogP contribution in [-0.4, -0.2) is 43.9 Å². The third-order valence-corrected chi connectivity index (χ3v) is 6.71. The van der Waals surface area contributed by atoms with Crippen molar-refractivity contribution in [2.75, 3.05) is 18.4 Å². The monoisotopic (exact) mass is 475 g/mol. The lowest BCUT2D eigenvalue weighted by atomic mass is 10.3. The van der Waals surface area contributed by atoms with Gasteiger partial charge in [-0.25, -0.2) is 0 Å². The molecule has 1 N–H and O–H groups in total. The molecule has 1 fully saturated rings. The van der Waals surface area contributed by atoms with Crippen molar-refractivity contribution < 1.29 is 4.79 Å². The number of para-hydroxylation sites is 1. The van der Waals surface area contributed by atoms with Gasteiger partial charge in [0, 0.05) is 10.7 Å². The van der Waals surface area contributed by atoms with Crippen LogP contribution in [0.25, 0.3) is 5.69 Å². The van der Waals surface area contributed by atoms with Gasteiger partial charge < -0.3 is 5.32 Å². The van der Waals surface area contributed by atoms with Crippen molar-refractivity contribution in [3.05, 3.63) is 64.4 Å². The van der Waals surface area contributed by atoms with Crippen LogP contribution in [0.1, 0.15) is 25.6 Å². The normalized spacial score (nSPS) is 15.2. The lowest BCUT2D eigenvalue weighted by Gasteiger charge is -2.17. The van der Waals surface area contributed by atoms with E-state index < -0.39 is 5.25 Å². The van der Waals surface area contributed by atoms with Crippen LogP contribution in [0.3, 0.4) is 0 Å². The number of nitrogens with one attached hydrogen (secondary N) is 1. The third-order valence-electron chi connectivity index (χ3n) is 5.12. The van der Waals surface area contributed by atoms with Crippen molar-refractivity contribution in [1.29, 1.82) is 0 Å². The van der Waals surface area contributed by atoms with E-state index >= 15 is 0 Å². The summed E-state index contributed by atoms with van der Waals surface area (Å²) in [6.07, 6.45) is 2.43. The molecular formula is C22H23Cl2N5OS. The molecule has 0 unspecified atom stereocenters. The maximum absolute atomic E-state index is 12.8. The minimum atomic E-state index is -0.405. The highest BCUT2D eigenvalue weighted by atomic mass is 35.5. The Bertz CT molecular complexity index is 1050. The van der Waals surface area contributed by atoms with Crippen molar-refractivity contribution in [3.8, 4) is 5.69 Å². The van der Waals surface area contributed by atoms with Gasteiger partial charge in [-0.1, -0.05) is 53.2 Å². The summed E-state index contributed by atoms with van der Waals surface area (Å²) in [5, 5.41) is 12.9. The fourth-order valence-electron chi connectivity index (χ4n) is 3.49. The summed E-state index contributed by atoms with van der Waals surface area (Å²) in [5.41, 5.74) is 1.51. The van der Waals surface area contributed by atoms with Gasteiger partial charge in [-0.3, -0.25) is 14.3 Å². The highest BCUT2D eigenvalue weighted by Gasteiger charge is 2.23. The molecule has 1 atom stereocenters. The Balaban J connectivity index is 1.54. The van der Waals surface area contributed by atoms with E-state index in [1.54, 1.807) is 18.2 Å². The average Bonchev–Trinajstić information content (AvgIpc) is 3.41. The lowest BCUT2D eigenvalue weighted by Crippen LogP contribution is -2.23. The molecular weight excluding hydrogens is 453 g/mol. The SMILES string of the molecule is C[C@@H](Sc1nnc(CN2CCCC2)n1-c1ccccc1)C(=O)Nc1ccc(Cl)cc1Cl. The van der Waals surface area contributed by atoms with Gasteiger partial charge in [0.1, 0.15) is 0 Å². The molecule has 1 aliphatic rings. The van der Waals surface area contributed by atoms with E-state index in [0.717, 1.165) is 31.1 Å². The number of likely N-dealkylation sites (tertiary alicyclic amines) is 1. The zero-order chi connectivity index (χ0) is 21.8. The number of hydrogen-bond acceptors (Lipinski definition) is 5. The van der Waals surface area contributed by atoms with Crippen LogP contribution < -0.4 is 5.32 Å². The fraction of sp³-hybridized carbons (Fsp3) is 0.318. The third kappa shape index (κ3) is 5.41. The number of benzene rings is 2. The quantitative estimate of drug-likeness (QED) is 0.470. The van der Waals surface area contributed by atoms with E-state index in [1.807, 2.05) is 41.8 Å². The van der Waals surface area contributed by atoms with E-state index in [-0.39, 0.29) is 5.91 Å². The van der Waals surface area contributed by atoms with Gasteiger partial charge in [0.25, 0.3) is 0 Å². The second-order valence-electron chi connectivity index (χ2n) is 7.43. The largest absolute Gasteiger partial charge is 0.324 e. The first kappa shape index (κ1) is 22.1. The van der Waals surface area contributed by atoms with Gasteiger partial charge in [0.2, 0.25) is 5.91 Å². The Morgan fingerprint density at radius 2 is 1.87 bits per heavy atom. The lowest BCUT2D eigenvalue weighted by molar-refractivity contribution is -0.115.